The van der Waals surface area contributed by atoms with Crippen LogP contribution < -0.4 is 0 Å². The monoisotopic (exact) mass is 454 g/mol. The van der Waals surface area contributed by atoms with Crippen LogP contribution >= 0.6 is 0 Å². The molecule has 168 valence electrons. The molecular weight excluding hydrogens is 432 g/mol. The first-order chi connectivity index (χ1) is 17.2. The van der Waals surface area contributed by atoms with Crippen LogP contribution in [0.25, 0.3) is 33.3 Å². The number of aliphatic imine (C=N–C) groups is 1. The average molecular weight is 455 g/mol. The van der Waals surface area contributed by atoms with Crippen molar-refractivity contribution in [3.63, 3.8) is 0 Å². The Kier molecular flexibility index (Phi) is 5.32. The standard InChI is InChI=1S/C31H22N2O2/c34-29-15-13-22(17-21-7-2-1-3-8-21)18-24(29)20-32-25-14-16-30-28(19-25)33-31(35-30)27-12-6-10-23-9-4-5-11-26(23)27/h1-16,18-20,34H,17H2. The molecule has 1 heterocycles. The fourth-order valence-corrected chi connectivity index (χ4v) is 4.32. The number of aromatic nitrogens is 1. The first-order valence-corrected chi connectivity index (χ1v) is 11.5. The number of rotatable bonds is 5. The molecule has 0 spiro atoms. The number of phenolic OH excluding ortho intramolecular Hbond substituents is 1. The summed E-state index contributed by atoms with van der Waals surface area (Å²) in [4.78, 5) is 9.34. The van der Waals surface area contributed by atoms with Gasteiger partial charge in [-0.15, -0.1) is 0 Å². The number of benzene rings is 5. The van der Waals surface area contributed by atoms with Crippen LogP contribution in [0, 0.1) is 0 Å². The van der Waals surface area contributed by atoms with E-state index in [2.05, 4.69) is 35.3 Å². The summed E-state index contributed by atoms with van der Waals surface area (Å²) >= 11 is 0. The topological polar surface area (TPSA) is 58.6 Å². The maximum absolute atomic E-state index is 10.3. The second-order valence-electron chi connectivity index (χ2n) is 8.51. The molecule has 0 radical (unpaired) electrons. The molecule has 0 saturated carbocycles. The summed E-state index contributed by atoms with van der Waals surface area (Å²) in [5.74, 6) is 0.788. The van der Waals surface area contributed by atoms with Crippen LogP contribution in [-0.4, -0.2) is 16.3 Å². The number of hydrogen-bond donors (Lipinski definition) is 1. The van der Waals surface area contributed by atoms with Crippen molar-refractivity contribution in [3.8, 4) is 17.2 Å². The van der Waals surface area contributed by atoms with Gasteiger partial charge in [-0.25, -0.2) is 4.98 Å². The molecule has 0 saturated heterocycles. The molecule has 0 atom stereocenters. The van der Waals surface area contributed by atoms with Crippen LogP contribution in [-0.2, 0) is 6.42 Å². The van der Waals surface area contributed by atoms with Gasteiger partial charge in [0.1, 0.15) is 11.3 Å². The van der Waals surface area contributed by atoms with Crippen molar-refractivity contribution in [2.45, 2.75) is 6.42 Å². The van der Waals surface area contributed by atoms with Gasteiger partial charge in [-0.2, -0.15) is 0 Å². The molecule has 0 aliphatic rings. The highest BCUT2D eigenvalue weighted by Crippen LogP contribution is 2.32. The molecule has 1 aromatic heterocycles. The molecule has 1 N–H and O–H groups in total. The van der Waals surface area contributed by atoms with Gasteiger partial charge in [-0.1, -0.05) is 72.8 Å². The Balaban J connectivity index is 1.29. The number of nitrogens with zero attached hydrogens (tertiary/aromatic N) is 2. The largest absolute Gasteiger partial charge is 0.507 e. The highest BCUT2D eigenvalue weighted by Gasteiger charge is 2.11. The van der Waals surface area contributed by atoms with E-state index in [0.717, 1.165) is 39.5 Å². The molecule has 6 aromatic rings. The molecule has 4 heteroatoms. The highest BCUT2D eigenvalue weighted by atomic mass is 16.3. The Labute approximate surface area is 202 Å². The summed E-state index contributed by atoms with van der Waals surface area (Å²) in [5.41, 5.74) is 6.16. The number of phenols is 1. The lowest BCUT2D eigenvalue weighted by Crippen LogP contribution is -1.91. The van der Waals surface area contributed by atoms with Crippen LogP contribution in [0.5, 0.6) is 5.75 Å². The fraction of sp³-hybridized carbons (Fsp3) is 0.0323. The van der Waals surface area contributed by atoms with Gasteiger partial charge in [-0.3, -0.25) is 4.99 Å². The Bertz CT molecular complexity index is 1680. The molecule has 5 aromatic carbocycles. The zero-order chi connectivity index (χ0) is 23.6. The lowest BCUT2D eigenvalue weighted by Gasteiger charge is -2.05. The number of aromatic hydroxyl groups is 1. The van der Waals surface area contributed by atoms with Gasteiger partial charge in [-0.05, 0) is 64.7 Å². The summed E-state index contributed by atoms with van der Waals surface area (Å²) in [5, 5.41) is 12.6. The first-order valence-electron chi connectivity index (χ1n) is 11.5. The Morgan fingerprint density at radius 3 is 2.51 bits per heavy atom. The molecule has 6 rings (SSSR count). The van der Waals surface area contributed by atoms with Crippen LogP contribution in [0.2, 0.25) is 0 Å². The van der Waals surface area contributed by atoms with Gasteiger partial charge in [0.25, 0.3) is 0 Å². The lowest BCUT2D eigenvalue weighted by atomic mass is 10.0. The van der Waals surface area contributed by atoms with Gasteiger partial charge >= 0.3 is 0 Å². The predicted octanol–water partition coefficient (Wildman–Crippen LogP) is 7.70. The molecule has 4 nitrogen and oxygen atoms in total. The van der Waals surface area contributed by atoms with Crippen molar-refractivity contribution in [1.82, 2.24) is 4.98 Å². The minimum atomic E-state index is 0.200. The summed E-state index contributed by atoms with van der Waals surface area (Å²) in [7, 11) is 0. The average Bonchev–Trinajstić information content (AvgIpc) is 3.32. The SMILES string of the molecule is Oc1ccc(Cc2ccccc2)cc1C=Nc1ccc2oc(-c3cccc4ccccc34)nc2c1. The van der Waals surface area contributed by atoms with E-state index in [4.69, 9.17) is 9.40 Å². The van der Waals surface area contributed by atoms with Crippen LogP contribution in [0.15, 0.2) is 119 Å². The van der Waals surface area contributed by atoms with Gasteiger partial charge in [0.15, 0.2) is 5.58 Å². The summed E-state index contributed by atoms with van der Waals surface area (Å²) in [6.45, 7) is 0. The molecular formula is C31H22N2O2. The van der Waals surface area contributed by atoms with E-state index in [0.29, 0.717) is 17.0 Å². The zero-order valence-corrected chi connectivity index (χ0v) is 18.9. The van der Waals surface area contributed by atoms with E-state index < -0.39 is 0 Å². The van der Waals surface area contributed by atoms with E-state index in [1.54, 1.807) is 12.3 Å². The van der Waals surface area contributed by atoms with E-state index >= 15 is 0 Å². The van der Waals surface area contributed by atoms with Gasteiger partial charge < -0.3 is 9.52 Å². The third kappa shape index (κ3) is 4.30. The Morgan fingerprint density at radius 1 is 0.771 bits per heavy atom. The maximum Gasteiger partial charge on any atom is 0.227 e. The molecule has 0 aliphatic heterocycles. The third-order valence-electron chi connectivity index (χ3n) is 6.09. The fourth-order valence-electron chi connectivity index (χ4n) is 4.32. The van der Waals surface area contributed by atoms with Gasteiger partial charge in [0.2, 0.25) is 5.89 Å². The van der Waals surface area contributed by atoms with Crippen LogP contribution in [0.4, 0.5) is 5.69 Å². The number of hydrogen-bond acceptors (Lipinski definition) is 4. The molecule has 35 heavy (non-hydrogen) atoms. The van der Waals surface area contributed by atoms with Gasteiger partial charge in [0.05, 0.1) is 5.69 Å². The quantitative estimate of drug-likeness (QED) is 0.272. The van der Waals surface area contributed by atoms with Crippen molar-refractivity contribution in [1.29, 1.82) is 0 Å². The minimum absolute atomic E-state index is 0.200. The van der Waals surface area contributed by atoms with E-state index in [1.165, 1.54) is 5.56 Å². The molecule has 0 amide bonds. The zero-order valence-electron chi connectivity index (χ0n) is 18.9. The maximum atomic E-state index is 10.3. The smallest absolute Gasteiger partial charge is 0.227 e. The van der Waals surface area contributed by atoms with Crippen molar-refractivity contribution < 1.29 is 9.52 Å². The predicted molar refractivity (Wildman–Crippen MR) is 142 cm³/mol. The van der Waals surface area contributed by atoms with Crippen molar-refractivity contribution in [2.75, 3.05) is 0 Å². The summed E-state index contributed by atoms with van der Waals surface area (Å²) < 4.78 is 6.07. The highest BCUT2D eigenvalue weighted by molar-refractivity contribution is 5.96. The second-order valence-corrected chi connectivity index (χ2v) is 8.51. The van der Waals surface area contributed by atoms with Crippen molar-refractivity contribution >= 4 is 33.8 Å². The van der Waals surface area contributed by atoms with E-state index in [9.17, 15) is 5.11 Å². The summed E-state index contributed by atoms with van der Waals surface area (Å²) in [6, 6.07) is 35.9. The van der Waals surface area contributed by atoms with Crippen LogP contribution in [0.3, 0.4) is 0 Å². The minimum Gasteiger partial charge on any atom is -0.507 e. The molecule has 0 unspecified atom stereocenters. The number of fused-ring (bicyclic) bond motifs is 2. The molecule has 0 aliphatic carbocycles. The second kappa shape index (κ2) is 8.92. The van der Waals surface area contributed by atoms with Crippen LogP contribution in [0.1, 0.15) is 16.7 Å². The van der Waals surface area contributed by atoms with E-state index in [1.807, 2.05) is 72.8 Å². The summed E-state index contributed by atoms with van der Waals surface area (Å²) in [6.07, 6.45) is 2.49. The number of oxazole rings is 1. The Morgan fingerprint density at radius 2 is 1.60 bits per heavy atom. The molecule has 0 fully saturated rings. The first kappa shape index (κ1) is 20.9. The lowest BCUT2D eigenvalue weighted by molar-refractivity contribution is 0.474. The van der Waals surface area contributed by atoms with E-state index in [-0.39, 0.29) is 5.75 Å². The Hall–Kier alpha value is -4.70. The van der Waals surface area contributed by atoms with Gasteiger partial charge in [0, 0.05) is 17.3 Å². The van der Waals surface area contributed by atoms with Crippen molar-refractivity contribution in [2.24, 2.45) is 4.99 Å². The molecule has 0 bridgehead atoms. The normalized spacial score (nSPS) is 11.5. The van der Waals surface area contributed by atoms with Crippen molar-refractivity contribution in [3.05, 3.63) is 126 Å². The third-order valence-corrected chi connectivity index (χ3v) is 6.09.